The number of ether oxygens (including phenoxy) is 1. The molecule has 0 spiro atoms. The van der Waals surface area contributed by atoms with Crippen LogP contribution in [0.4, 0.5) is 0 Å². The van der Waals surface area contributed by atoms with Crippen LogP contribution in [-0.2, 0) is 14.3 Å². The van der Waals surface area contributed by atoms with Gasteiger partial charge in [-0.2, -0.15) is 0 Å². The van der Waals surface area contributed by atoms with Gasteiger partial charge in [0, 0.05) is 32.7 Å². The Morgan fingerprint density at radius 1 is 1.45 bits per heavy atom. The number of carbonyl (C=O) groups excluding carboxylic acids is 1. The normalized spacial score (nSPS) is 20.7. The van der Waals surface area contributed by atoms with Crippen LogP contribution in [0.1, 0.15) is 44.9 Å². The molecule has 1 heterocycles. The Kier molecular flexibility index (Phi) is 7.54. The zero-order valence-electron chi connectivity index (χ0n) is 12.2. The van der Waals surface area contributed by atoms with E-state index >= 15 is 0 Å². The average Bonchev–Trinajstić information content (AvgIpc) is 2.44. The van der Waals surface area contributed by atoms with E-state index in [0.29, 0.717) is 26.0 Å². The van der Waals surface area contributed by atoms with Crippen LogP contribution in [0.5, 0.6) is 0 Å². The minimum Gasteiger partial charge on any atom is -0.481 e. The van der Waals surface area contributed by atoms with Gasteiger partial charge in [0.05, 0.1) is 6.04 Å². The van der Waals surface area contributed by atoms with Crippen molar-refractivity contribution in [3.05, 3.63) is 0 Å². The average molecular weight is 286 g/mol. The lowest BCUT2D eigenvalue weighted by Crippen LogP contribution is -2.50. The van der Waals surface area contributed by atoms with Gasteiger partial charge in [0.15, 0.2) is 0 Å². The van der Waals surface area contributed by atoms with Crippen LogP contribution in [0.15, 0.2) is 0 Å². The van der Waals surface area contributed by atoms with Gasteiger partial charge in [-0.05, 0) is 38.5 Å². The van der Waals surface area contributed by atoms with E-state index < -0.39 is 12.0 Å². The summed E-state index contributed by atoms with van der Waals surface area (Å²) in [4.78, 5) is 24.8. The summed E-state index contributed by atoms with van der Waals surface area (Å²) in [6.45, 7) is 1.30. The largest absolute Gasteiger partial charge is 0.481 e. The quantitative estimate of drug-likeness (QED) is 0.649. The molecule has 2 atom stereocenters. The number of rotatable bonds is 8. The first-order chi connectivity index (χ1) is 9.56. The first-order valence-electron chi connectivity index (χ1n) is 7.33. The maximum atomic E-state index is 12.4. The van der Waals surface area contributed by atoms with Gasteiger partial charge >= 0.3 is 5.97 Å². The summed E-state index contributed by atoms with van der Waals surface area (Å²) in [6, 6.07) is -0.476. The molecule has 0 bridgehead atoms. The highest BCUT2D eigenvalue weighted by Gasteiger charge is 2.29. The molecule has 6 heteroatoms. The van der Waals surface area contributed by atoms with Gasteiger partial charge in [0.25, 0.3) is 0 Å². The van der Waals surface area contributed by atoms with E-state index in [1.165, 1.54) is 0 Å². The van der Waals surface area contributed by atoms with Gasteiger partial charge in [-0.3, -0.25) is 9.59 Å². The minimum absolute atomic E-state index is 0.0285. The summed E-state index contributed by atoms with van der Waals surface area (Å²) in [5.74, 6) is -0.858. The predicted molar refractivity (Wildman–Crippen MR) is 75.3 cm³/mol. The Bertz CT molecular complexity index is 322. The van der Waals surface area contributed by atoms with E-state index in [9.17, 15) is 9.59 Å². The number of methoxy groups -OCH3 is 1. The number of nitrogens with two attached hydrogens (primary N) is 1. The van der Waals surface area contributed by atoms with Gasteiger partial charge in [0.2, 0.25) is 5.91 Å². The molecular formula is C14H26N2O4. The van der Waals surface area contributed by atoms with Gasteiger partial charge in [-0.1, -0.05) is 0 Å². The highest BCUT2D eigenvalue weighted by Crippen LogP contribution is 2.22. The van der Waals surface area contributed by atoms with Crippen molar-refractivity contribution in [2.45, 2.75) is 57.0 Å². The maximum absolute atomic E-state index is 12.4. The SMILES string of the molecule is COCCCC(N)C(=O)N1CCCCC1CCC(=O)O. The number of nitrogens with zero attached hydrogens (tertiary/aromatic N) is 1. The molecule has 0 saturated carbocycles. The first kappa shape index (κ1) is 16.9. The second-order valence-electron chi connectivity index (χ2n) is 5.36. The molecule has 3 N–H and O–H groups in total. The number of piperidine rings is 1. The molecule has 1 amide bonds. The van der Waals surface area contributed by atoms with Crippen molar-refractivity contribution < 1.29 is 19.4 Å². The Morgan fingerprint density at radius 3 is 2.85 bits per heavy atom. The van der Waals surface area contributed by atoms with Crippen LogP contribution >= 0.6 is 0 Å². The lowest BCUT2D eigenvalue weighted by molar-refractivity contribution is -0.140. The van der Waals surface area contributed by atoms with E-state index in [1.807, 2.05) is 0 Å². The second-order valence-corrected chi connectivity index (χ2v) is 5.36. The molecule has 1 rings (SSSR count). The molecule has 20 heavy (non-hydrogen) atoms. The molecule has 0 aliphatic carbocycles. The molecular weight excluding hydrogens is 260 g/mol. The number of carboxylic acid groups (broad SMARTS) is 1. The number of carboxylic acids is 1. The summed E-state index contributed by atoms with van der Waals surface area (Å²) in [5, 5.41) is 8.78. The van der Waals surface area contributed by atoms with Gasteiger partial charge in [-0.15, -0.1) is 0 Å². The topological polar surface area (TPSA) is 92.9 Å². The van der Waals surface area contributed by atoms with Crippen LogP contribution in [0, 0.1) is 0 Å². The lowest BCUT2D eigenvalue weighted by Gasteiger charge is -2.37. The molecule has 0 aromatic rings. The van der Waals surface area contributed by atoms with Crippen molar-refractivity contribution in [2.24, 2.45) is 5.73 Å². The fourth-order valence-corrected chi connectivity index (χ4v) is 2.66. The highest BCUT2D eigenvalue weighted by molar-refractivity contribution is 5.82. The third-order valence-electron chi connectivity index (χ3n) is 3.78. The Balaban J connectivity index is 2.50. The summed E-state index contributed by atoms with van der Waals surface area (Å²) >= 11 is 0. The summed E-state index contributed by atoms with van der Waals surface area (Å²) in [5.41, 5.74) is 5.94. The Hall–Kier alpha value is -1.14. The van der Waals surface area contributed by atoms with Crippen LogP contribution in [-0.4, -0.2) is 54.2 Å². The van der Waals surface area contributed by atoms with Crippen LogP contribution in [0.25, 0.3) is 0 Å². The van der Waals surface area contributed by atoms with Crippen molar-refractivity contribution >= 4 is 11.9 Å². The summed E-state index contributed by atoms with van der Waals surface area (Å²) in [7, 11) is 1.62. The van der Waals surface area contributed by atoms with Gasteiger partial charge in [0.1, 0.15) is 0 Å². The molecule has 1 fully saturated rings. The Labute approximate surface area is 120 Å². The molecule has 0 radical (unpaired) electrons. The third-order valence-corrected chi connectivity index (χ3v) is 3.78. The second kappa shape index (κ2) is 8.92. The molecule has 1 aliphatic rings. The highest BCUT2D eigenvalue weighted by atomic mass is 16.5. The zero-order chi connectivity index (χ0) is 15.0. The van der Waals surface area contributed by atoms with Crippen LogP contribution < -0.4 is 5.73 Å². The third kappa shape index (κ3) is 5.46. The van der Waals surface area contributed by atoms with Gasteiger partial charge < -0.3 is 20.5 Å². The molecule has 6 nitrogen and oxygen atoms in total. The van der Waals surface area contributed by atoms with E-state index in [4.69, 9.17) is 15.6 Å². The molecule has 0 aromatic heterocycles. The lowest BCUT2D eigenvalue weighted by atomic mass is 9.96. The zero-order valence-corrected chi connectivity index (χ0v) is 12.2. The van der Waals surface area contributed by atoms with Crippen molar-refractivity contribution in [1.82, 2.24) is 4.90 Å². The van der Waals surface area contributed by atoms with E-state index in [1.54, 1.807) is 12.0 Å². The summed E-state index contributed by atoms with van der Waals surface area (Å²) in [6.07, 6.45) is 4.89. The van der Waals surface area contributed by atoms with E-state index in [-0.39, 0.29) is 18.4 Å². The van der Waals surface area contributed by atoms with Crippen molar-refractivity contribution in [1.29, 1.82) is 0 Å². The summed E-state index contributed by atoms with van der Waals surface area (Å²) < 4.78 is 4.96. The monoisotopic (exact) mass is 286 g/mol. The van der Waals surface area contributed by atoms with Gasteiger partial charge in [-0.25, -0.2) is 0 Å². The number of hydrogen-bond donors (Lipinski definition) is 2. The minimum atomic E-state index is -0.813. The fraction of sp³-hybridized carbons (Fsp3) is 0.857. The standard InChI is InChI=1S/C14H26N2O4/c1-20-10-4-6-12(15)14(19)16-9-3-2-5-11(16)7-8-13(17)18/h11-12H,2-10,15H2,1H3,(H,17,18). The number of likely N-dealkylation sites (tertiary alicyclic amines) is 1. The van der Waals surface area contributed by atoms with Crippen molar-refractivity contribution in [3.63, 3.8) is 0 Å². The molecule has 1 aliphatic heterocycles. The molecule has 2 unspecified atom stereocenters. The van der Waals surface area contributed by atoms with E-state index in [2.05, 4.69) is 0 Å². The molecule has 0 aromatic carbocycles. The predicted octanol–water partition coefficient (Wildman–Crippen LogP) is 0.986. The number of hydrogen-bond acceptors (Lipinski definition) is 4. The fourth-order valence-electron chi connectivity index (χ4n) is 2.66. The van der Waals surface area contributed by atoms with E-state index in [0.717, 1.165) is 25.7 Å². The number of carbonyl (C=O) groups is 2. The Morgan fingerprint density at radius 2 is 2.20 bits per heavy atom. The van der Waals surface area contributed by atoms with Crippen molar-refractivity contribution in [3.8, 4) is 0 Å². The first-order valence-corrected chi connectivity index (χ1v) is 7.33. The molecule has 1 saturated heterocycles. The van der Waals surface area contributed by atoms with Crippen molar-refractivity contribution in [2.75, 3.05) is 20.3 Å². The molecule has 116 valence electrons. The number of amides is 1. The number of aliphatic carboxylic acids is 1. The van der Waals surface area contributed by atoms with Crippen LogP contribution in [0.2, 0.25) is 0 Å². The maximum Gasteiger partial charge on any atom is 0.303 e. The van der Waals surface area contributed by atoms with Crippen LogP contribution in [0.3, 0.4) is 0 Å². The smallest absolute Gasteiger partial charge is 0.303 e.